The van der Waals surface area contributed by atoms with Crippen LogP contribution in [0.5, 0.6) is 0 Å². The lowest BCUT2D eigenvalue weighted by Gasteiger charge is -2.41. The first kappa shape index (κ1) is 22.1. The number of Topliss-reactive ketones (excluding diaryl/α,β-unsaturated/α-hetero) is 1. The van der Waals surface area contributed by atoms with Crippen LogP contribution in [0.15, 0.2) is 53.1 Å². The highest BCUT2D eigenvalue weighted by atomic mass is 16.5. The second-order valence-electron chi connectivity index (χ2n) is 8.98. The van der Waals surface area contributed by atoms with E-state index in [1.165, 1.54) is 0 Å². The maximum Gasteiger partial charge on any atom is 0.336 e. The van der Waals surface area contributed by atoms with Gasteiger partial charge in [-0.3, -0.25) is 19.9 Å². The van der Waals surface area contributed by atoms with Crippen molar-refractivity contribution in [1.82, 2.24) is 15.2 Å². The highest BCUT2D eigenvalue weighted by Gasteiger charge is 2.48. The Morgan fingerprint density at radius 1 is 1.19 bits per heavy atom. The van der Waals surface area contributed by atoms with Crippen LogP contribution in [0.1, 0.15) is 50.8 Å². The third kappa shape index (κ3) is 4.55. The van der Waals surface area contributed by atoms with Crippen LogP contribution in [0, 0.1) is 11.3 Å². The number of nitrogens with one attached hydrogen (secondary N) is 1. The Labute approximate surface area is 187 Å². The summed E-state index contributed by atoms with van der Waals surface area (Å²) in [6, 6.07) is 5.54. The van der Waals surface area contributed by atoms with E-state index in [1.54, 1.807) is 25.5 Å². The molecule has 0 spiro atoms. The Morgan fingerprint density at radius 2 is 2.03 bits per heavy atom. The van der Waals surface area contributed by atoms with Crippen molar-refractivity contribution in [3.05, 3.63) is 59.3 Å². The molecule has 1 aliphatic carbocycles. The lowest BCUT2D eigenvalue weighted by Crippen LogP contribution is -2.44. The topological polar surface area (TPSA) is 107 Å². The highest BCUT2D eigenvalue weighted by Crippen LogP contribution is 2.46. The van der Waals surface area contributed by atoms with Gasteiger partial charge in [0, 0.05) is 36.6 Å². The number of aromatic amines is 1. The van der Waals surface area contributed by atoms with E-state index in [0.717, 1.165) is 17.0 Å². The van der Waals surface area contributed by atoms with Crippen LogP contribution in [0.3, 0.4) is 0 Å². The standard InChI is InChI=1S/C24H28N4O4/c1-4-32-23(30)22-18(14-31-13-16-7-9-26-28-16)27-17-10-24(2,3)11-19(29)21(17)20(22)15-6-5-8-25-12-15/h5-9,12,20-21H,4,10-11,13-14H2,1-3H3,(H,26,28). The minimum Gasteiger partial charge on any atom is -0.463 e. The quantitative estimate of drug-likeness (QED) is 0.667. The van der Waals surface area contributed by atoms with E-state index < -0.39 is 17.8 Å². The van der Waals surface area contributed by atoms with Gasteiger partial charge in [0.05, 0.1) is 42.7 Å². The van der Waals surface area contributed by atoms with Crippen molar-refractivity contribution < 1.29 is 19.1 Å². The van der Waals surface area contributed by atoms with Crippen LogP contribution in [0.4, 0.5) is 0 Å². The molecule has 8 heteroatoms. The maximum absolute atomic E-state index is 13.3. The van der Waals surface area contributed by atoms with Gasteiger partial charge < -0.3 is 9.47 Å². The molecule has 1 N–H and O–H groups in total. The number of fused-ring (bicyclic) bond motifs is 1. The van der Waals surface area contributed by atoms with Gasteiger partial charge in [0.2, 0.25) is 0 Å². The van der Waals surface area contributed by atoms with Crippen LogP contribution < -0.4 is 0 Å². The van der Waals surface area contributed by atoms with Crippen molar-refractivity contribution in [2.45, 2.75) is 46.1 Å². The van der Waals surface area contributed by atoms with Gasteiger partial charge in [0.1, 0.15) is 5.78 Å². The van der Waals surface area contributed by atoms with E-state index >= 15 is 0 Å². The van der Waals surface area contributed by atoms with Crippen LogP contribution >= 0.6 is 0 Å². The van der Waals surface area contributed by atoms with Crippen molar-refractivity contribution in [3.8, 4) is 0 Å². The molecule has 1 fully saturated rings. The second-order valence-corrected chi connectivity index (χ2v) is 8.98. The summed E-state index contributed by atoms with van der Waals surface area (Å²) in [5.74, 6) is -1.37. The molecule has 1 aliphatic heterocycles. The average Bonchev–Trinajstić information content (AvgIpc) is 3.26. The van der Waals surface area contributed by atoms with Crippen LogP contribution in [0.2, 0.25) is 0 Å². The molecule has 3 heterocycles. The summed E-state index contributed by atoms with van der Waals surface area (Å²) < 4.78 is 11.3. The lowest BCUT2D eigenvalue weighted by atomic mass is 9.63. The molecule has 4 rings (SSSR count). The van der Waals surface area contributed by atoms with Gasteiger partial charge in [-0.15, -0.1) is 0 Å². The second kappa shape index (κ2) is 9.16. The molecule has 32 heavy (non-hydrogen) atoms. The predicted octanol–water partition coefficient (Wildman–Crippen LogP) is 3.38. The minimum absolute atomic E-state index is 0.0908. The summed E-state index contributed by atoms with van der Waals surface area (Å²) in [5, 5.41) is 6.78. The summed E-state index contributed by atoms with van der Waals surface area (Å²) in [4.78, 5) is 35.5. The number of aliphatic imine (C=N–C) groups is 1. The zero-order valence-electron chi connectivity index (χ0n) is 18.6. The third-order valence-electron chi connectivity index (χ3n) is 5.85. The fraction of sp³-hybridized carbons (Fsp3) is 0.458. The Balaban J connectivity index is 1.78. The first-order valence-electron chi connectivity index (χ1n) is 10.9. The number of pyridine rings is 1. The van der Waals surface area contributed by atoms with E-state index in [9.17, 15) is 9.59 Å². The van der Waals surface area contributed by atoms with E-state index in [-0.39, 0.29) is 24.4 Å². The number of hydrogen-bond acceptors (Lipinski definition) is 7. The summed E-state index contributed by atoms with van der Waals surface area (Å²) in [5.41, 5.74) is 3.12. The van der Waals surface area contributed by atoms with Crippen molar-refractivity contribution in [1.29, 1.82) is 0 Å². The molecule has 0 aromatic carbocycles. The van der Waals surface area contributed by atoms with Crippen molar-refractivity contribution in [3.63, 3.8) is 0 Å². The average molecular weight is 437 g/mol. The number of carbonyl (C=O) groups excluding carboxylic acids is 2. The largest absolute Gasteiger partial charge is 0.463 e. The van der Waals surface area contributed by atoms with Crippen molar-refractivity contribution in [2.24, 2.45) is 16.3 Å². The monoisotopic (exact) mass is 436 g/mol. The molecular weight excluding hydrogens is 408 g/mol. The molecule has 2 atom stereocenters. The molecule has 2 aliphatic rings. The number of esters is 1. The van der Waals surface area contributed by atoms with Gasteiger partial charge in [0.25, 0.3) is 0 Å². The molecule has 1 saturated carbocycles. The number of nitrogens with zero attached hydrogens (tertiary/aromatic N) is 3. The van der Waals surface area contributed by atoms with Gasteiger partial charge in [-0.05, 0) is 36.5 Å². The summed E-state index contributed by atoms with van der Waals surface area (Å²) in [6.45, 7) is 6.55. The predicted molar refractivity (Wildman–Crippen MR) is 118 cm³/mol. The summed E-state index contributed by atoms with van der Waals surface area (Å²) in [7, 11) is 0. The molecule has 168 valence electrons. The van der Waals surface area contributed by atoms with E-state index in [2.05, 4.69) is 29.0 Å². The van der Waals surface area contributed by atoms with Crippen LogP contribution in [-0.2, 0) is 25.7 Å². The smallest absolute Gasteiger partial charge is 0.336 e. The van der Waals surface area contributed by atoms with E-state index in [1.807, 2.05) is 18.2 Å². The number of hydrogen-bond donors (Lipinski definition) is 1. The lowest BCUT2D eigenvalue weighted by molar-refractivity contribution is -0.139. The molecule has 2 aromatic heterocycles. The number of ketones is 1. The van der Waals surface area contributed by atoms with Gasteiger partial charge in [-0.25, -0.2) is 4.79 Å². The molecule has 2 aromatic rings. The molecular formula is C24H28N4O4. The van der Waals surface area contributed by atoms with Crippen LogP contribution in [-0.4, -0.2) is 45.9 Å². The van der Waals surface area contributed by atoms with E-state index in [0.29, 0.717) is 30.7 Å². The number of rotatable bonds is 7. The Morgan fingerprint density at radius 3 is 2.72 bits per heavy atom. The molecule has 0 amide bonds. The van der Waals surface area contributed by atoms with Gasteiger partial charge in [-0.2, -0.15) is 5.10 Å². The zero-order valence-corrected chi connectivity index (χ0v) is 18.6. The van der Waals surface area contributed by atoms with Gasteiger partial charge in [0.15, 0.2) is 0 Å². The minimum atomic E-state index is -0.497. The van der Waals surface area contributed by atoms with Crippen LogP contribution in [0.25, 0.3) is 0 Å². The molecule has 0 bridgehead atoms. The van der Waals surface area contributed by atoms with Gasteiger partial charge in [-0.1, -0.05) is 19.9 Å². The summed E-state index contributed by atoms with van der Waals surface area (Å²) >= 11 is 0. The first-order chi connectivity index (χ1) is 15.4. The molecule has 8 nitrogen and oxygen atoms in total. The van der Waals surface area contributed by atoms with Gasteiger partial charge >= 0.3 is 5.97 Å². The molecule has 0 saturated heterocycles. The number of carbonyl (C=O) groups is 2. The third-order valence-corrected chi connectivity index (χ3v) is 5.85. The fourth-order valence-electron chi connectivity index (χ4n) is 4.60. The number of aromatic nitrogens is 3. The van der Waals surface area contributed by atoms with E-state index in [4.69, 9.17) is 14.5 Å². The normalized spacial score (nSPS) is 22.3. The number of ether oxygens (including phenoxy) is 2. The van der Waals surface area contributed by atoms with Crippen molar-refractivity contribution >= 4 is 17.5 Å². The number of H-pyrrole nitrogens is 1. The SMILES string of the molecule is CCOC(=O)C1=C(COCc2ccn[nH]2)N=C2CC(C)(C)CC(=O)C2C1c1cccnc1. The summed E-state index contributed by atoms with van der Waals surface area (Å²) in [6.07, 6.45) is 6.16. The first-order valence-corrected chi connectivity index (χ1v) is 10.9. The Kier molecular flexibility index (Phi) is 6.32. The molecule has 0 radical (unpaired) electrons. The Bertz CT molecular complexity index is 1040. The highest BCUT2D eigenvalue weighted by molar-refractivity contribution is 6.12. The Hall–Kier alpha value is -3.13. The maximum atomic E-state index is 13.3. The van der Waals surface area contributed by atoms with Crippen molar-refractivity contribution in [2.75, 3.05) is 13.2 Å². The zero-order chi connectivity index (χ0) is 22.7. The molecule has 2 unspecified atom stereocenters. The fourth-order valence-corrected chi connectivity index (χ4v) is 4.60.